The summed E-state index contributed by atoms with van der Waals surface area (Å²) in [5.41, 5.74) is 2.48. The third kappa shape index (κ3) is 3.17. The second-order valence-corrected chi connectivity index (χ2v) is 8.97. The van der Waals surface area contributed by atoms with Gasteiger partial charge in [-0.2, -0.15) is 0 Å². The number of ether oxygens (including phenoxy) is 2. The van der Waals surface area contributed by atoms with Gasteiger partial charge in [-0.1, -0.05) is 61.1 Å². The van der Waals surface area contributed by atoms with Gasteiger partial charge in [-0.15, -0.1) is 0 Å². The zero-order chi connectivity index (χ0) is 20.8. The molecule has 0 amide bonds. The molecule has 3 atom stereocenters. The zero-order valence-corrected chi connectivity index (χ0v) is 17.9. The lowest BCUT2D eigenvalue weighted by Gasteiger charge is -2.46. The number of rotatable bonds is 0. The molecule has 0 aromatic carbocycles. The molecule has 4 bridgehead atoms. The largest absolute Gasteiger partial charge is 0.488 e. The van der Waals surface area contributed by atoms with Crippen molar-refractivity contribution in [1.82, 2.24) is 0 Å². The number of fused-ring (bicyclic) bond motifs is 5. The van der Waals surface area contributed by atoms with Crippen molar-refractivity contribution in [3.8, 4) is 0 Å². The second kappa shape index (κ2) is 7.05. The summed E-state index contributed by atoms with van der Waals surface area (Å²) in [7, 11) is 0. The average Bonchev–Trinajstić information content (AvgIpc) is 2.91. The Morgan fingerprint density at radius 3 is 2.66 bits per heavy atom. The monoisotopic (exact) mass is 390 g/mol. The Kier molecular flexibility index (Phi) is 4.80. The molecule has 5 rings (SSSR count). The molecule has 0 unspecified atom stereocenters. The SMILES string of the molecule is C=C1O[C@@]23C[C@H](C)C(C)=C[C@]2(C)/C=C(C)/C=C/CC/C=C2C=C/C(=C\1C3=O)OC/2. The molecule has 152 valence electrons. The minimum absolute atomic E-state index is 0.0180. The maximum absolute atomic E-state index is 13.9. The molecule has 5 aliphatic rings. The van der Waals surface area contributed by atoms with Gasteiger partial charge >= 0.3 is 0 Å². The first-order valence-corrected chi connectivity index (χ1v) is 10.5. The van der Waals surface area contributed by atoms with E-state index >= 15 is 0 Å². The topological polar surface area (TPSA) is 35.5 Å². The summed E-state index contributed by atoms with van der Waals surface area (Å²) < 4.78 is 12.4. The Morgan fingerprint density at radius 1 is 1.14 bits per heavy atom. The van der Waals surface area contributed by atoms with Crippen molar-refractivity contribution < 1.29 is 14.3 Å². The first-order valence-electron chi connectivity index (χ1n) is 10.5. The highest BCUT2D eigenvalue weighted by atomic mass is 16.5. The number of hydrogen-bond acceptors (Lipinski definition) is 3. The van der Waals surface area contributed by atoms with Crippen LogP contribution in [0.5, 0.6) is 0 Å². The van der Waals surface area contributed by atoms with Crippen LogP contribution in [0.2, 0.25) is 0 Å². The molecule has 1 saturated heterocycles. The van der Waals surface area contributed by atoms with Crippen LogP contribution >= 0.6 is 0 Å². The van der Waals surface area contributed by atoms with Gasteiger partial charge in [-0.25, -0.2) is 0 Å². The molecule has 2 aliphatic carbocycles. The van der Waals surface area contributed by atoms with Crippen LogP contribution < -0.4 is 0 Å². The summed E-state index contributed by atoms with van der Waals surface area (Å²) in [5.74, 6) is 1.23. The summed E-state index contributed by atoms with van der Waals surface area (Å²) >= 11 is 0. The number of carbonyl (C=O) groups excluding carboxylic acids is 1. The van der Waals surface area contributed by atoms with Gasteiger partial charge in [0.25, 0.3) is 0 Å². The molecule has 0 aromatic heterocycles. The average molecular weight is 391 g/mol. The minimum atomic E-state index is -0.992. The van der Waals surface area contributed by atoms with E-state index in [1.165, 1.54) is 5.57 Å². The van der Waals surface area contributed by atoms with Gasteiger partial charge in [-0.3, -0.25) is 4.79 Å². The molecule has 3 heteroatoms. The van der Waals surface area contributed by atoms with E-state index in [0.29, 0.717) is 30.1 Å². The summed E-state index contributed by atoms with van der Waals surface area (Å²) in [6, 6.07) is 0. The Hall–Kier alpha value is -2.55. The molecular weight excluding hydrogens is 360 g/mol. The van der Waals surface area contributed by atoms with Crippen molar-refractivity contribution in [1.29, 1.82) is 0 Å². The predicted molar refractivity (Wildman–Crippen MR) is 116 cm³/mol. The van der Waals surface area contributed by atoms with Crippen molar-refractivity contribution in [2.75, 3.05) is 6.61 Å². The van der Waals surface area contributed by atoms with Crippen molar-refractivity contribution in [2.24, 2.45) is 11.3 Å². The summed E-state index contributed by atoms with van der Waals surface area (Å²) in [6.45, 7) is 13.1. The Morgan fingerprint density at radius 2 is 1.93 bits per heavy atom. The van der Waals surface area contributed by atoms with Crippen LogP contribution in [-0.2, 0) is 14.3 Å². The maximum atomic E-state index is 13.9. The summed E-state index contributed by atoms with van der Waals surface area (Å²) in [4.78, 5) is 13.9. The van der Waals surface area contributed by atoms with E-state index in [9.17, 15) is 4.79 Å². The van der Waals surface area contributed by atoms with Gasteiger partial charge in [0.05, 0.1) is 5.41 Å². The molecule has 3 heterocycles. The van der Waals surface area contributed by atoms with Gasteiger partial charge in [0.2, 0.25) is 5.78 Å². The maximum Gasteiger partial charge on any atom is 0.215 e. The Bertz CT molecular complexity index is 952. The quantitative estimate of drug-likeness (QED) is 0.484. The van der Waals surface area contributed by atoms with E-state index < -0.39 is 11.0 Å². The lowest BCUT2D eigenvalue weighted by molar-refractivity contribution is -0.139. The summed E-state index contributed by atoms with van der Waals surface area (Å²) in [5, 5.41) is 0. The Balaban J connectivity index is 1.95. The van der Waals surface area contributed by atoms with Gasteiger partial charge in [0, 0.05) is 6.42 Å². The highest BCUT2D eigenvalue weighted by Crippen LogP contribution is 2.55. The standard InChI is InChI=1S/C26H30O3/c1-17-9-7-6-8-10-21-11-12-22(28-16-21)23-20(4)29-26(24(23)27)15-19(3)18(2)14-25(26,5)13-17/h7,9-14,19H,4,6,8,15-16H2,1-3,5H3/b9-7+,17-13+,21-10-,23-22-/t19-,25-,26+/m0/s1. The highest BCUT2D eigenvalue weighted by molar-refractivity contribution is 6.09. The van der Waals surface area contributed by atoms with E-state index in [0.717, 1.165) is 24.0 Å². The van der Waals surface area contributed by atoms with Crippen LogP contribution in [0.4, 0.5) is 0 Å². The molecule has 1 spiro atoms. The normalized spacial score (nSPS) is 41.7. The van der Waals surface area contributed by atoms with E-state index in [1.807, 2.05) is 12.2 Å². The molecule has 1 fully saturated rings. The molecule has 0 saturated carbocycles. The van der Waals surface area contributed by atoms with Crippen LogP contribution in [0.3, 0.4) is 0 Å². The third-order valence-electron chi connectivity index (χ3n) is 6.68. The van der Waals surface area contributed by atoms with Gasteiger partial charge in [0.1, 0.15) is 23.7 Å². The van der Waals surface area contributed by atoms with E-state index in [1.54, 1.807) is 0 Å². The number of carbonyl (C=O) groups is 1. The van der Waals surface area contributed by atoms with Crippen LogP contribution in [0.1, 0.15) is 47.0 Å². The van der Waals surface area contributed by atoms with E-state index in [-0.39, 0.29) is 11.7 Å². The smallest absolute Gasteiger partial charge is 0.215 e. The first kappa shape index (κ1) is 19.8. The lowest BCUT2D eigenvalue weighted by atomic mass is 9.61. The van der Waals surface area contributed by atoms with E-state index in [4.69, 9.17) is 9.47 Å². The summed E-state index contributed by atoms with van der Waals surface area (Å²) in [6.07, 6.45) is 17.4. The molecule has 29 heavy (non-hydrogen) atoms. The second-order valence-electron chi connectivity index (χ2n) is 8.97. The predicted octanol–water partition coefficient (Wildman–Crippen LogP) is 5.89. The molecule has 0 radical (unpaired) electrons. The number of allylic oxidation sites excluding steroid dienone is 7. The third-order valence-corrected chi connectivity index (χ3v) is 6.68. The fourth-order valence-corrected chi connectivity index (χ4v) is 4.95. The number of Topliss-reactive ketones (excluding diaryl/α,β-unsaturated/α-hetero) is 1. The number of ketones is 1. The molecule has 3 aliphatic heterocycles. The lowest BCUT2D eigenvalue weighted by Crippen LogP contribution is -2.53. The highest BCUT2D eigenvalue weighted by Gasteiger charge is 2.62. The van der Waals surface area contributed by atoms with Crippen molar-refractivity contribution in [3.05, 3.63) is 82.9 Å². The van der Waals surface area contributed by atoms with Gasteiger partial charge < -0.3 is 9.47 Å². The molecular formula is C26H30O3. The Labute approximate surface area is 173 Å². The van der Waals surface area contributed by atoms with Gasteiger partial charge in [0.15, 0.2) is 5.60 Å². The number of hydrogen-bond donors (Lipinski definition) is 0. The zero-order valence-electron chi connectivity index (χ0n) is 17.9. The molecule has 3 nitrogen and oxygen atoms in total. The van der Waals surface area contributed by atoms with Crippen molar-refractivity contribution in [2.45, 2.75) is 52.6 Å². The fraction of sp³-hybridized carbons (Fsp3) is 0.423. The molecule has 0 aromatic rings. The van der Waals surface area contributed by atoms with Crippen LogP contribution in [0.15, 0.2) is 82.9 Å². The van der Waals surface area contributed by atoms with Crippen LogP contribution in [0.25, 0.3) is 0 Å². The molecule has 0 N–H and O–H groups in total. The van der Waals surface area contributed by atoms with Crippen molar-refractivity contribution >= 4 is 5.78 Å². The fourth-order valence-electron chi connectivity index (χ4n) is 4.95. The van der Waals surface area contributed by atoms with Crippen LogP contribution in [-0.4, -0.2) is 18.0 Å². The minimum Gasteiger partial charge on any atom is -0.488 e. The van der Waals surface area contributed by atoms with Crippen molar-refractivity contribution in [3.63, 3.8) is 0 Å². The van der Waals surface area contributed by atoms with Crippen LogP contribution in [0, 0.1) is 11.3 Å². The van der Waals surface area contributed by atoms with Gasteiger partial charge in [-0.05, 0) is 51.2 Å². The first-order chi connectivity index (χ1) is 13.8. The van der Waals surface area contributed by atoms with E-state index in [2.05, 4.69) is 64.7 Å².